The van der Waals surface area contributed by atoms with Crippen LogP contribution in [0.4, 0.5) is 0 Å². The molecule has 1 amide bonds. The van der Waals surface area contributed by atoms with Crippen LogP contribution in [0.15, 0.2) is 18.3 Å². The second-order valence-electron chi connectivity index (χ2n) is 6.15. The Kier molecular flexibility index (Phi) is 4.60. The molecule has 0 atom stereocenters. The van der Waals surface area contributed by atoms with Crippen LogP contribution in [-0.4, -0.2) is 66.2 Å². The number of hydrogen-bond donors (Lipinski definition) is 0. The number of nitrogens with zero attached hydrogens (tertiary/aromatic N) is 3. The van der Waals surface area contributed by atoms with Crippen molar-refractivity contribution in [2.45, 2.75) is 12.8 Å². The van der Waals surface area contributed by atoms with Crippen molar-refractivity contribution >= 4 is 5.91 Å². The van der Waals surface area contributed by atoms with Gasteiger partial charge >= 0.3 is 0 Å². The molecule has 116 valence electrons. The van der Waals surface area contributed by atoms with E-state index in [1.165, 1.54) is 0 Å². The van der Waals surface area contributed by atoms with Gasteiger partial charge in [0.2, 0.25) is 0 Å². The summed E-state index contributed by atoms with van der Waals surface area (Å²) in [6.45, 7) is 6.79. The number of amides is 1. The van der Waals surface area contributed by atoms with E-state index >= 15 is 0 Å². The van der Waals surface area contributed by atoms with Gasteiger partial charge in [0.05, 0.1) is 13.2 Å². The molecular weight excluding hydrogens is 266 g/mol. The zero-order valence-corrected chi connectivity index (χ0v) is 12.8. The Morgan fingerprint density at radius 1 is 1.24 bits per heavy atom. The molecule has 1 aromatic heterocycles. The van der Waals surface area contributed by atoms with Crippen molar-refractivity contribution < 1.29 is 9.53 Å². The van der Waals surface area contributed by atoms with Crippen LogP contribution in [0, 0.1) is 5.92 Å². The molecule has 1 aromatic rings. The Morgan fingerprint density at radius 2 is 1.95 bits per heavy atom. The predicted molar refractivity (Wildman–Crippen MR) is 81.3 cm³/mol. The van der Waals surface area contributed by atoms with Crippen molar-refractivity contribution in [2.24, 2.45) is 13.0 Å². The monoisotopic (exact) mass is 291 g/mol. The molecule has 0 bridgehead atoms. The van der Waals surface area contributed by atoms with Crippen LogP contribution in [0.5, 0.6) is 0 Å². The number of aromatic nitrogens is 1. The average Bonchev–Trinajstić information content (AvgIpc) is 2.94. The molecule has 2 aliphatic heterocycles. The van der Waals surface area contributed by atoms with Crippen LogP contribution in [0.3, 0.4) is 0 Å². The summed E-state index contributed by atoms with van der Waals surface area (Å²) >= 11 is 0. The number of ether oxygens (including phenoxy) is 1. The topological polar surface area (TPSA) is 37.7 Å². The Morgan fingerprint density at radius 3 is 2.57 bits per heavy atom. The molecule has 0 radical (unpaired) electrons. The zero-order valence-electron chi connectivity index (χ0n) is 12.8. The van der Waals surface area contributed by atoms with Gasteiger partial charge in [0.1, 0.15) is 5.69 Å². The molecule has 0 spiro atoms. The first-order chi connectivity index (χ1) is 10.2. The predicted octanol–water partition coefficient (Wildman–Crippen LogP) is 1.21. The van der Waals surface area contributed by atoms with E-state index in [1.807, 2.05) is 34.8 Å². The van der Waals surface area contributed by atoms with E-state index in [0.717, 1.165) is 70.4 Å². The number of hydrogen-bond acceptors (Lipinski definition) is 3. The molecule has 0 aromatic carbocycles. The second kappa shape index (κ2) is 6.62. The minimum absolute atomic E-state index is 0.173. The fourth-order valence-corrected chi connectivity index (χ4v) is 3.31. The van der Waals surface area contributed by atoms with E-state index in [1.54, 1.807) is 0 Å². The van der Waals surface area contributed by atoms with E-state index in [-0.39, 0.29) is 5.91 Å². The molecule has 0 saturated carbocycles. The third-order valence-electron chi connectivity index (χ3n) is 4.68. The standard InChI is InChI=1S/C16H25N3O2/c1-17-6-2-3-15(17)16(20)19-7-4-14(5-8-19)13-18-9-11-21-12-10-18/h2-3,6,14H,4-5,7-13H2,1H3. The van der Waals surface area contributed by atoms with E-state index in [9.17, 15) is 4.79 Å². The molecule has 21 heavy (non-hydrogen) atoms. The number of carbonyl (C=O) groups excluding carboxylic acids is 1. The molecular formula is C16H25N3O2. The second-order valence-corrected chi connectivity index (χ2v) is 6.15. The molecule has 0 N–H and O–H groups in total. The SMILES string of the molecule is Cn1cccc1C(=O)N1CCC(CN2CCOCC2)CC1. The highest BCUT2D eigenvalue weighted by Gasteiger charge is 2.26. The highest BCUT2D eigenvalue weighted by atomic mass is 16.5. The largest absolute Gasteiger partial charge is 0.379 e. The lowest BCUT2D eigenvalue weighted by atomic mass is 9.96. The summed E-state index contributed by atoms with van der Waals surface area (Å²) in [6.07, 6.45) is 4.17. The number of likely N-dealkylation sites (tertiary alicyclic amines) is 1. The van der Waals surface area contributed by atoms with Gasteiger partial charge < -0.3 is 14.2 Å². The van der Waals surface area contributed by atoms with Crippen molar-refractivity contribution in [3.05, 3.63) is 24.0 Å². The van der Waals surface area contributed by atoms with E-state index in [4.69, 9.17) is 4.74 Å². The van der Waals surface area contributed by atoms with Crippen LogP contribution in [0.1, 0.15) is 23.3 Å². The van der Waals surface area contributed by atoms with E-state index in [0.29, 0.717) is 0 Å². The minimum atomic E-state index is 0.173. The molecule has 5 nitrogen and oxygen atoms in total. The molecule has 0 unspecified atom stereocenters. The maximum Gasteiger partial charge on any atom is 0.270 e. The molecule has 5 heteroatoms. The minimum Gasteiger partial charge on any atom is -0.379 e. The number of piperidine rings is 1. The quantitative estimate of drug-likeness (QED) is 0.840. The van der Waals surface area contributed by atoms with Crippen molar-refractivity contribution in [1.29, 1.82) is 0 Å². The zero-order chi connectivity index (χ0) is 14.7. The summed E-state index contributed by atoms with van der Waals surface area (Å²) in [5.74, 6) is 0.896. The molecule has 0 aliphatic carbocycles. The third-order valence-corrected chi connectivity index (χ3v) is 4.68. The van der Waals surface area contributed by atoms with Crippen LogP contribution in [0.25, 0.3) is 0 Å². The van der Waals surface area contributed by atoms with Gasteiger partial charge in [-0.1, -0.05) is 0 Å². The lowest BCUT2D eigenvalue weighted by Gasteiger charge is -2.36. The molecule has 3 heterocycles. The Balaban J connectivity index is 1.48. The van der Waals surface area contributed by atoms with Gasteiger partial charge in [0, 0.05) is 46.0 Å². The van der Waals surface area contributed by atoms with E-state index < -0.39 is 0 Å². The van der Waals surface area contributed by atoms with Crippen LogP contribution >= 0.6 is 0 Å². The van der Waals surface area contributed by atoms with Crippen molar-refractivity contribution in [2.75, 3.05) is 45.9 Å². The lowest BCUT2D eigenvalue weighted by Crippen LogP contribution is -2.44. The van der Waals surface area contributed by atoms with Gasteiger partial charge in [-0.25, -0.2) is 0 Å². The highest BCUT2D eigenvalue weighted by molar-refractivity contribution is 5.92. The summed E-state index contributed by atoms with van der Waals surface area (Å²) in [4.78, 5) is 17.0. The van der Waals surface area contributed by atoms with Gasteiger partial charge in [0.15, 0.2) is 0 Å². The lowest BCUT2D eigenvalue weighted by molar-refractivity contribution is 0.0242. The summed E-state index contributed by atoms with van der Waals surface area (Å²) in [5.41, 5.74) is 0.793. The number of carbonyl (C=O) groups is 1. The number of aryl methyl sites for hydroxylation is 1. The van der Waals surface area contributed by atoms with Gasteiger partial charge in [-0.3, -0.25) is 9.69 Å². The first-order valence-electron chi connectivity index (χ1n) is 7.95. The first kappa shape index (κ1) is 14.6. The van der Waals surface area contributed by atoms with Gasteiger partial charge in [-0.15, -0.1) is 0 Å². The summed E-state index contributed by atoms with van der Waals surface area (Å²) in [5, 5.41) is 0. The van der Waals surface area contributed by atoms with Gasteiger partial charge in [-0.2, -0.15) is 0 Å². The Bertz CT molecular complexity index is 472. The van der Waals surface area contributed by atoms with Crippen molar-refractivity contribution in [3.8, 4) is 0 Å². The average molecular weight is 291 g/mol. The first-order valence-corrected chi connectivity index (χ1v) is 7.95. The number of rotatable bonds is 3. The number of morpholine rings is 1. The maximum atomic E-state index is 12.5. The fourth-order valence-electron chi connectivity index (χ4n) is 3.31. The Labute approximate surface area is 126 Å². The van der Waals surface area contributed by atoms with E-state index in [2.05, 4.69) is 4.90 Å². The molecule has 3 rings (SSSR count). The Hall–Kier alpha value is -1.33. The molecule has 2 fully saturated rings. The summed E-state index contributed by atoms with van der Waals surface area (Å²) in [6, 6.07) is 3.83. The van der Waals surface area contributed by atoms with Crippen LogP contribution < -0.4 is 0 Å². The summed E-state index contributed by atoms with van der Waals surface area (Å²) in [7, 11) is 1.93. The summed E-state index contributed by atoms with van der Waals surface area (Å²) < 4.78 is 7.30. The third kappa shape index (κ3) is 3.47. The van der Waals surface area contributed by atoms with Crippen LogP contribution in [-0.2, 0) is 11.8 Å². The smallest absolute Gasteiger partial charge is 0.270 e. The van der Waals surface area contributed by atoms with Crippen LogP contribution in [0.2, 0.25) is 0 Å². The molecule has 2 aliphatic rings. The molecule has 2 saturated heterocycles. The van der Waals surface area contributed by atoms with Gasteiger partial charge in [0.25, 0.3) is 5.91 Å². The normalized spacial score (nSPS) is 21.7. The maximum absolute atomic E-state index is 12.5. The van der Waals surface area contributed by atoms with Crippen molar-refractivity contribution in [1.82, 2.24) is 14.4 Å². The highest BCUT2D eigenvalue weighted by Crippen LogP contribution is 2.20. The van der Waals surface area contributed by atoms with Gasteiger partial charge in [-0.05, 0) is 30.9 Å². The fraction of sp³-hybridized carbons (Fsp3) is 0.688. The van der Waals surface area contributed by atoms with Crippen molar-refractivity contribution in [3.63, 3.8) is 0 Å².